The Kier molecular flexibility index (Phi) is 3.35. The molecular formula is C15H26N2O. The molecule has 2 saturated carbocycles. The van der Waals surface area contributed by atoms with Crippen LogP contribution in [0.15, 0.2) is 0 Å². The fourth-order valence-corrected chi connectivity index (χ4v) is 4.44. The van der Waals surface area contributed by atoms with Gasteiger partial charge in [0.05, 0.1) is 5.41 Å². The van der Waals surface area contributed by atoms with Crippen molar-refractivity contribution in [2.45, 2.75) is 45.4 Å². The number of hydrogen-bond acceptors (Lipinski definition) is 2. The summed E-state index contributed by atoms with van der Waals surface area (Å²) in [6, 6.07) is 0. The molecule has 2 aliphatic carbocycles. The van der Waals surface area contributed by atoms with E-state index in [4.69, 9.17) is 0 Å². The second-order valence-electron chi connectivity index (χ2n) is 6.71. The largest absolute Gasteiger partial charge is 0.355 e. The minimum absolute atomic E-state index is 0.113. The third-order valence-corrected chi connectivity index (χ3v) is 5.81. The Morgan fingerprint density at radius 3 is 2.83 bits per heavy atom. The third kappa shape index (κ3) is 2.07. The fourth-order valence-electron chi connectivity index (χ4n) is 4.44. The van der Waals surface area contributed by atoms with Gasteiger partial charge >= 0.3 is 0 Å². The van der Waals surface area contributed by atoms with Crippen LogP contribution >= 0.6 is 0 Å². The van der Waals surface area contributed by atoms with E-state index in [1.807, 2.05) is 0 Å². The minimum Gasteiger partial charge on any atom is -0.355 e. The Morgan fingerprint density at radius 1 is 1.39 bits per heavy atom. The van der Waals surface area contributed by atoms with E-state index in [1.54, 1.807) is 0 Å². The van der Waals surface area contributed by atoms with Gasteiger partial charge in [-0.1, -0.05) is 13.3 Å². The van der Waals surface area contributed by atoms with Crippen molar-refractivity contribution in [2.24, 2.45) is 23.2 Å². The van der Waals surface area contributed by atoms with E-state index in [0.717, 1.165) is 50.2 Å². The Balaban J connectivity index is 1.52. The molecule has 18 heavy (non-hydrogen) atoms. The van der Waals surface area contributed by atoms with Gasteiger partial charge in [0.25, 0.3) is 0 Å². The van der Waals surface area contributed by atoms with Crippen LogP contribution in [0.5, 0.6) is 0 Å². The van der Waals surface area contributed by atoms with Crippen molar-refractivity contribution in [1.29, 1.82) is 0 Å². The average molecular weight is 250 g/mol. The fraction of sp³-hybridized carbons (Fsp3) is 0.933. The lowest BCUT2D eigenvalue weighted by molar-refractivity contribution is -0.130. The Bertz CT molecular complexity index is 322. The molecule has 3 fully saturated rings. The maximum Gasteiger partial charge on any atom is 0.227 e. The van der Waals surface area contributed by atoms with Crippen molar-refractivity contribution in [3.05, 3.63) is 0 Å². The lowest BCUT2D eigenvalue weighted by Gasteiger charge is -2.28. The average Bonchev–Trinajstić information content (AvgIpc) is 3.11. The normalized spacial score (nSPS) is 42.4. The van der Waals surface area contributed by atoms with Gasteiger partial charge in [-0.2, -0.15) is 0 Å². The van der Waals surface area contributed by atoms with Crippen molar-refractivity contribution in [3.63, 3.8) is 0 Å². The molecule has 4 unspecified atom stereocenters. The van der Waals surface area contributed by atoms with Crippen LogP contribution in [0.1, 0.15) is 45.4 Å². The number of amides is 1. The molecule has 3 heteroatoms. The summed E-state index contributed by atoms with van der Waals surface area (Å²) in [5.74, 6) is 2.97. The highest BCUT2D eigenvalue weighted by Crippen LogP contribution is 2.48. The highest BCUT2D eigenvalue weighted by Gasteiger charge is 2.42. The third-order valence-electron chi connectivity index (χ3n) is 5.81. The second-order valence-corrected chi connectivity index (χ2v) is 6.71. The summed E-state index contributed by atoms with van der Waals surface area (Å²) in [5.41, 5.74) is -0.113. The van der Waals surface area contributed by atoms with Crippen molar-refractivity contribution < 1.29 is 4.79 Å². The van der Waals surface area contributed by atoms with Crippen molar-refractivity contribution in [1.82, 2.24) is 10.6 Å². The SMILES string of the molecule is CCC1(C(=O)NCC2CC3CCC2C3)CCNC1. The van der Waals surface area contributed by atoms with Crippen molar-refractivity contribution in [3.8, 4) is 0 Å². The van der Waals surface area contributed by atoms with Crippen LogP contribution in [0.3, 0.4) is 0 Å². The van der Waals surface area contributed by atoms with E-state index < -0.39 is 0 Å². The Morgan fingerprint density at radius 2 is 2.28 bits per heavy atom. The molecule has 102 valence electrons. The summed E-state index contributed by atoms with van der Waals surface area (Å²) in [5, 5.41) is 6.60. The summed E-state index contributed by atoms with van der Waals surface area (Å²) in [7, 11) is 0. The van der Waals surface area contributed by atoms with Gasteiger partial charge in [-0.25, -0.2) is 0 Å². The zero-order valence-electron chi connectivity index (χ0n) is 11.5. The number of nitrogens with one attached hydrogen (secondary N) is 2. The smallest absolute Gasteiger partial charge is 0.227 e. The van der Waals surface area contributed by atoms with Gasteiger partial charge in [-0.15, -0.1) is 0 Å². The monoisotopic (exact) mass is 250 g/mol. The molecule has 3 aliphatic rings. The number of carbonyl (C=O) groups is 1. The van der Waals surface area contributed by atoms with Gasteiger partial charge in [0.1, 0.15) is 0 Å². The highest BCUT2D eigenvalue weighted by molar-refractivity contribution is 5.83. The molecule has 4 atom stereocenters. The summed E-state index contributed by atoms with van der Waals surface area (Å²) >= 11 is 0. The van der Waals surface area contributed by atoms with E-state index in [1.165, 1.54) is 25.7 Å². The van der Waals surface area contributed by atoms with E-state index >= 15 is 0 Å². The second kappa shape index (κ2) is 4.84. The first-order valence-corrected chi connectivity index (χ1v) is 7.72. The molecule has 0 aromatic rings. The van der Waals surface area contributed by atoms with Crippen LogP contribution in [0.2, 0.25) is 0 Å². The molecule has 0 radical (unpaired) electrons. The van der Waals surface area contributed by atoms with Crippen LogP contribution < -0.4 is 10.6 Å². The standard InChI is InChI=1S/C15H26N2O/c1-2-15(5-6-16-10-15)14(18)17-9-13-8-11-3-4-12(13)7-11/h11-13,16H,2-10H2,1H3,(H,17,18). The molecule has 0 aromatic heterocycles. The zero-order chi connectivity index (χ0) is 12.6. The van der Waals surface area contributed by atoms with Gasteiger partial charge in [0, 0.05) is 13.1 Å². The van der Waals surface area contributed by atoms with Crippen LogP contribution in [0.4, 0.5) is 0 Å². The first kappa shape index (κ1) is 12.5. The van der Waals surface area contributed by atoms with Gasteiger partial charge in [-0.3, -0.25) is 4.79 Å². The van der Waals surface area contributed by atoms with Crippen LogP contribution in [0.25, 0.3) is 0 Å². The van der Waals surface area contributed by atoms with E-state index in [2.05, 4.69) is 17.6 Å². The molecule has 1 aliphatic heterocycles. The summed E-state index contributed by atoms with van der Waals surface area (Å²) in [6.45, 7) is 4.94. The molecule has 1 heterocycles. The maximum atomic E-state index is 12.4. The van der Waals surface area contributed by atoms with Crippen molar-refractivity contribution >= 4 is 5.91 Å². The quantitative estimate of drug-likeness (QED) is 0.800. The van der Waals surface area contributed by atoms with Gasteiger partial charge < -0.3 is 10.6 Å². The predicted octanol–water partition coefficient (Wildman–Crippen LogP) is 1.93. The molecule has 3 nitrogen and oxygen atoms in total. The van der Waals surface area contributed by atoms with Gasteiger partial charge in [0.2, 0.25) is 5.91 Å². The van der Waals surface area contributed by atoms with Crippen LogP contribution in [-0.4, -0.2) is 25.5 Å². The first-order chi connectivity index (χ1) is 8.73. The number of fused-ring (bicyclic) bond motifs is 2. The molecule has 1 amide bonds. The highest BCUT2D eigenvalue weighted by atomic mass is 16.2. The number of hydrogen-bond donors (Lipinski definition) is 2. The van der Waals surface area contributed by atoms with Crippen LogP contribution in [0, 0.1) is 23.2 Å². The first-order valence-electron chi connectivity index (χ1n) is 7.72. The van der Waals surface area contributed by atoms with E-state index in [-0.39, 0.29) is 5.41 Å². The molecule has 0 spiro atoms. The maximum absolute atomic E-state index is 12.4. The van der Waals surface area contributed by atoms with Gasteiger partial charge in [-0.05, 0) is 56.4 Å². The zero-order valence-corrected chi connectivity index (χ0v) is 11.5. The lowest BCUT2D eigenvalue weighted by atomic mass is 9.82. The summed E-state index contributed by atoms with van der Waals surface area (Å²) in [6.07, 6.45) is 7.61. The topological polar surface area (TPSA) is 41.1 Å². The van der Waals surface area contributed by atoms with Gasteiger partial charge in [0.15, 0.2) is 0 Å². The molecule has 1 saturated heterocycles. The molecular weight excluding hydrogens is 224 g/mol. The molecule has 3 rings (SSSR count). The molecule has 2 N–H and O–H groups in total. The molecule has 2 bridgehead atoms. The minimum atomic E-state index is -0.113. The molecule has 0 aromatic carbocycles. The summed E-state index contributed by atoms with van der Waals surface area (Å²) < 4.78 is 0. The Hall–Kier alpha value is -0.570. The van der Waals surface area contributed by atoms with Crippen molar-refractivity contribution in [2.75, 3.05) is 19.6 Å². The number of carbonyl (C=O) groups excluding carboxylic acids is 1. The number of rotatable bonds is 4. The Labute approximate surface area is 110 Å². The summed E-state index contributed by atoms with van der Waals surface area (Å²) in [4.78, 5) is 12.4. The lowest BCUT2D eigenvalue weighted by Crippen LogP contribution is -2.44. The van der Waals surface area contributed by atoms with Crippen LogP contribution in [-0.2, 0) is 4.79 Å². The van der Waals surface area contributed by atoms with E-state index in [0.29, 0.717) is 5.91 Å². The predicted molar refractivity (Wildman–Crippen MR) is 72.2 cm³/mol. The van der Waals surface area contributed by atoms with E-state index in [9.17, 15) is 4.79 Å².